The first kappa shape index (κ1) is 24.1. The first-order valence-corrected chi connectivity index (χ1v) is 12.1. The molecular weight excluding hydrogens is 467 g/mol. The number of nitrogens with zero attached hydrogens (tertiary/aromatic N) is 2. The zero-order valence-electron chi connectivity index (χ0n) is 20.2. The van der Waals surface area contributed by atoms with E-state index >= 15 is 0 Å². The Morgan fingerprint density at radius 3 is 2.47 bits per heavy atom. The SMILES string of the molecule is CCN1CCC(Nc2ccc3c(c2)/C(=C(\c2ccc(C(F)(F)F)cc2)c2ncc(C)[nH]2)C(=O)N3)CC1. The number of aromatic amines is 1. The number of nitrogens with one attached hydrogen (secondary N) is 3. The van der Waals surface area contributed by atoms with E-state index < -0.39 is 11.7 Å². The van der Waals surface area contributed by atoms with Gasteiger partial charge in [0.15, 0.2) is 0 Å². The molecule has 0 spiro atoms. The number of alkyl halides is 3. The molecule has 0 atom stereocenters. The van der Waals surface area contributed by atoms with E-state index in [1.165, 1.54) is 12.1 Å². The van der Waals surface area contributed by atoms with Crippen molar-refractivity contribution in [2.24, 2.45) is 0 Å². The lowest BCUT2D eigenvalue weighted by Gasteiger charge is -2.32. The van der Waals surface area contributed by atoms with Gasteiger partial charge in [-0.1, -0.05) is 19.1 Å². The number of amides is 1. The van der Waals surface area contributed by atoms with E-state index in [-0.39, 0.29) is 5.91 Å². The van der Waals surface area contributed by atoms with E-state index in [9.17, 15) is 18.0 Å². The highest BCUT2D eigenvalue weighted by molar-refractivity contribution is 6.38. The van der Waals surface area contributed by atoms with Crippen LogP contribution < -0.4 is 10.6 Å². The molecule has 3 aromatic rings. The molecule has 5 rings (SSSR count). The number of aryl methyl sites for hydroxylation is 1. The van der Waals surface area contributed by atoms with E-state index in [2.05, 4.69) is 32.4 Å². The van der Waals surface area contributed by atoms with E-state index in [1.807, 2.05) is 25.1 Å². The Bertz CT molecular complexity index is 1300. The first-order valence-electron chi connectivity index (χ1n) is 12.1. The second-order valence-corrected chi connectivity index (χ2v) is 9.31. The number of hydrogen-bond donors (Lipinski definition) is 3. The van der Waals surface area contributed by atoms with Gasteiger partial charge in [0.2, 0.25) is 0 Å². The normalized spacial score (nSPS) is 18.2. The van der Waals surface area contributed by atoms with Gasteiger partial charge in [0.05, 0.1) is 11.1 Å². The minimum atomic E-state index is -4.45. The standard InChI is InChI=1S/C27H28F3N5O/c1-3-35-12-10-19(11-13-35)33-20-8-9-22-21(14-20)24(26(36)34-22)23(25-31-15-16(2)32-25)17-4-6-18(7-5-17)27(28,29)30/h4-9,14-15,19,33H,3,10-13H2,1-2H3,(H,31,32)(H,34,36)/b24-23-. The zero-order valence-corrected chi connectivity index (χ0v) is 20.2. The van der Waals surface area contributed by atoms with Crippen LogP contribution in [0.2, 0.25) is 0 Å². The quantitative estimate of drug-likeness (QED) is 0.406. The number of likely N-dealkylation sites (tertiary alicyclic amines) is 1. The van der Waals surface area contributed by atoms with Crippen molar-refractivity contribution >= 4 is 28.4 Å². The van der Waals surface area contributed by atoms with Crippen molar-refractivity contribution in [2.45, 2.75) is 38.9 Å². The number of imidazole rings is 1. The Hall–Kier alpha value is -3.59. The summed E-state index contributed by atoms with van der Waals surface area (Å²) in [5, 5.41) is 6.50. The molecule has 1 saturated heterocycles. The lowest BCUT2D eigenvalue weighted by atomic mass is 9.93. The highest BCUT2D eigenvalue weighted by atomic mass is 19.4. The zero-order chi connectivity index (χ0) is 25.4. The maximum absolute atomic E-state index is 13.2. The summed E-state index contributed by atoms with van der Waals surface area (Å²) < 4.78 is 39.5. The van der Waals surface area contributed by atoms with Crippen LogP contribution in [0.5, 0.6) is 0 Å². The average Bonchev–Trinajstić information content (AvgIpc) is 3.42. The first-order chi connectivity index (χ1) is 17.2. The molecule has 1 amide bonds. The van der Waals surface area contributed by atoms with Gasteiger partial charge in [-0.25, -0.2) is 4.98 Å². The van der Waals surface area contributed by atoms with Gasteiger partial charge >= 0.3 is 6.18 Å². The highest BCUT2D eigenvalue weighted by Crippen LogP contribution is 2.41. The summed E-state index contributed by atoms with van der Waals surface area (Å²) in [6, 6.07) is 10.9. The van der Waals surface area contributed by atoms with E-state index in [4.69, 9.17) is 0 Å². The molecular formula is C27H28F3N5O. The number of carbonyl (C=O) groups excluding carboxylic acids is 1. The third kappa shape index (κ3) is 4.75. The molecule has 1 aromatic heterocycles. The molecule has 0 aliphatic carbocycles. The van der Waals surface area contributed by atoms with Gasteiger partial charge in [-0.05, 0) is 62.2 Å². The lowest BCUT2D eigenvalue weighted by molar-refractivity contribution is -0.137. The number of anilines is 2. The number of H-pyrrole nitrogens is 1. The second kappa shape index (κ2) is 9.46. The fourth-order valence-electron chi connectivity index (χ4n) is 4.90. The van der Waals surface area contributed by atoms with Crippen LogP contribution in [0, 0.1) is 6.92 Å². The van der Waals surface area contributed by atoms with Crippen LogP contribution in [-0.4, -0.2) is 46.5 Å². The Labute approximate surface area is 207 Å². The number of carbonyl (C=O) groups is 1. The molecule has 0 bridgehead atoms. The number of rotatable bonds is 5. The molecule has 188 valence electrons. The van der Waals surface area contributed by atoms with Crippen molar-refractivity contribution in [3.63, 3.8) is 0 Å². The second-order valence-electron chi connectivity index (χ2n) is 9.31. The summed E-state index contributed by atoms with van der Waals surface area (Å²) in [4.78, 5) is 23.2. The average molecular weight is 496 g/mol. The Kier molecular flexibility index (Phi) is 6.34. The summed E-state index contributed by atoms with van der Waals surface area (Å²) in [5.74, 6) is 0.109. The molecule has 0 unspecified atom stereocenters. The topological polar surface area (TPSA) is 73.0 Å². The number of hydrogen-bond acceptors (Lipinski definition) is 4. The van der Waals surface area contributed by atoms with E-state index in [0.717, 1.165) is 56.0 Å². The molecule has 3 N–H and O–H groups in total. The molecule has 0 saturated carbocycles. The number of benzene rings is 2. The van der Waals surface area contributed by atoms with Crippen LogP contribution in [0.1, 0.15) is 48.0 Å². The van der Waals surface area contributed by atoms with Crippen molar-refractivity contribution in [1.29, 1.82) is 0 Å². The summed E-state index contributed by atoms with van der Waals surface area (Å²) in [7, 11) is 0. The summed E-state index contributed by atoms with van der Waals surface area (Å²) in [6.07, 6.45) is -0.743. The Balaban J connectivity index is 1.56. The van der Waals surface area contributed by atoms with E-state index in [1.54, 1.807) is 6.20 Å². The van der Waals surface area contributed by atoms with E-state index in [0.29, 0.717) is 39.8 Å². The van der Waals surface area contributed by atoms with Gasteiger partial charge in [0, 0.05) is 53.5 Å². The van der Waals surface area contributed by atoms with Gasteiger partial charge in [0.25, 0.3) is 5.91 Å². The van der Waals surface area contributed by atoms with Crippen LogP contribution in [0.25, 0.3) is 11.1 Å². The largest absolute Gasteiger partial charge is 0.416 e. The molecule has 2 aliphatic heterocycles. The van der Waals surface area contributed by atoms with Crippen LogP contribution in [-0.2, 0) is 11.0 Å². The van der Waals surface area contributed by atoms with Gasteiger partial charge < -0.3 is 20.5 Å². The molecule has 2 aromatic carbocycles. The number of aromatic nitrogens is 2. The van der Waals surface area contributed by atoms with Crippen LogP contribution in [0.3, 0.4) is 0 Å². The number of fused-ring (bicyclic) bond motifs is 1. The number of piperidine rings is 1. The maximum Gasteiger partial charge on any atom is 0.416 e. The highest BCUT2D eigenvalue weighted by Gasteiger charge is 2.33. The van der Waals surface area contributed by atoms with Crippen molar-refractivity contribution in [3.05, 3.63) is 76.9 Å². The minimum absolute atomic E-state index is 0.317. The third-order valence-electron chi connectivity index (χ3n) is 6.86. The van der Waals surface area contributed by atoms with Crippen molar-refractivity contribution in [1.82, 2.24) is 14.9 Å². The molecule has 1 fully saturated rings. The van der Waals surface area contributed by atoms with Gasteiger partial charge in [0.1, 0.15) is 5.82 Å². The van der Waals surface area contributed by atoms with Crippen molar-refractivity contribution < 1.29 is 18.0 Å². The number of halogens is 3. The molecule has 3 heterocycles. The summed E-state index contributed by atoms with van der Waals surface area (Å²) in [5.41, 5.74) is 3.60. The van der Waals surface area contributed by atoms with Crippen LogP contribution >= 0.6 is 0 Å². The molecule has 9 heteroatoms. The minimum Gasteiger partial charge on any atom is -0.382 e. The predicted molar refractivity (Wildman–Crippen MR) is 135 cm³/mol. The van der Waals surface area contributed by atoms with Crippen molar-refractivity contribution in [2.75, 3.05) is 30.3 Å². The fourth-order valence-corrected chi connectivity index (χ4v) is 4.90. The fraction of sp³-hybridized carbons (Fsp3) is 0.333. The smallest absolute Gasteiger partial charge is 0.382 e. The van der Waals surface area contributed by atoms with Gasteiger partial charge in [-0.2, -0.15) is 13.2 Å². The maximum atomic E-state index is 13.2. The molecule has 36 heavy (non-hydrogen) atoms. The predicted octanol–water partition coefficient (Wildman–Crippen LogP) is 5.54. The monoisotopic (exact) mass is 495 g/mol. The Morgan fingerprint density at radius 1 is 1.14 bits per heavy atom. The summed E-state index contributed by atoms with van der Waals surface area (Å²) in [6.45, 7) is 7.13. The third-order valence-corrected chi connectivity index (χ3v) is 6.86. The molecule has 6 nitrogen and oxygen atoms in total. The van der Waals surface area contributed by atoms with Gasteiger partial charge in [-0.15, -0.1) is 0 Å². The summed E-state index contributed by atoms with van der Waals surface area (Å²) >= 11 is 0. The molecule has 0 radical (unpaired) electrons. The molecule has 2 aliphatic rings. The van der Waals surface area contributed by atoms with Crippen LogP contribution in [0.4, 0.5) is 24.5 Å². The Morgan fingerprint density at radius 2 is 1.86 bits per heavy atom. The van der Waals surface area contributed by atoms with Crippen molar-refractivity contribution in [3.8, 4) is 0 Å². The van der Waals surface area contributed by atoms with Gasteiger partial charge in [-0.3, -0.25) is 4.79 Å². The van der Waals surface area contributed by atoms with Crippen LogP contribution in [0.15, 0.2) is 48.7 Å². The lowest BCUT2D eigenvalue weighted by Crippen LogP contribution is -2.38.